The summed E-state index contributed by atoms with van der Waals surface area (Å²) < 4.78 is 0. The van der Waals surface area contributed by atoms with Crippen LogP contribution < -0.4 is 5.73 Å². The number of hydrogen-bond donors (Lipinski definition) is 1. The van der Waals surface area contributed by atoms with Gasteiger partial charge in [-0.25, -0.2) is 0 Å². The minimum absolute atomic E-state index is 0.105. The van der Waals surface area contributed by atoms with Crippen LogP contribution in [0, 0.1) is 5.92 Å². The van der Waals surface area contributed by atoms with Gasteiger partial charge in [-0.05, 0) is 18.8 Å². The highest BCUT2D eigenvalue weighted by molar-refractivity contribution is 7.80. The van der Waals surface area contributed by atoms with Crippen molar-refractivity contribution in [3.8, 4) is 0 Å². The Balaban J connectivity index is 2.61. The predicted molar refractivity (Wildman–Crippen MR) is 70.2 cm³/mol. The van der Waals surface area contributed by atoms with Gasteiger partial charge in [0, 0.05) is 12.6 Å². The van der Waals surface area contributed by atoms with Crippen LogP contribution in [0.2, 0.25) is 0 Å². The molecule has 0 aliphatic heterocycles. The van der Waals surface area contributed by atoms with Crippen molar-refractivity contribution in [2.45, 2.75) is 52.0 Å². The third-order valence-electron chi connectivity index (χ3n) is 2.97. The first kappa shape index (κ1) is 13.4. The molecule has 92 valence electrons. The van der Waals surface area contributed by atoms with E-state index < -0.39 is 0 Å². The molecule has 3 nitrogen and oxygen atoms in total. The van der Waals surface area contributed by atoms with Crippen LogP contribution in [0.1, 0.15) is 46.0 Å². The zero-order valence-electron chi connectivity index (χ0n) is 10.2. The first-order valence-electron chi connectivity index (χ1n) is 6.08. The lowest BCUT2D eigenvalue weighted by molar-refractivity contribution is -0.132. The summed E-state index contributed by atoms with van der Waals surface area (Å²) in [6, 6.07) is 0.421. The molecule has 1 amide bonds. The quantitative estimate of drug-likeness (QED) is 0.751. The van der Waals surface area contributed by atoms with E-state index in [1.807, 2.05) is 4.90 Å². The Labute approximate surface area is 103 Å². The Bertz CT molecular complexity index is 260. The van der Waals surface area contributed by atoms with Gasteiger partial charge in [-0.15, -0.1) is 0 Å². The maximum atomic E-state index is 12.0. The summed E-state index contributed by atoms with van der Waals surface area (Å²) >= 11 is 4.81. The van der Waals surface area contributed by atoms with Gasteiger partial charge in [0.15, 0.2) is 0 Å². The molecule has 0 heterocycles. The zero-order chi connectivity index (χ0) is 12.1. The van der Waals surface area contributed by atoms with Gasteiger partial charge in [-0.1, -0.05) is 38.9 Å². The van der Waals surface area contributed by atoms with E-state index in [0.717, 1.165) is 19.4 Å². The number of carbonyl (C=O) groups is 1. The summed E-state index contributed by atoms with van der Waals surface area (Å²) in [5.41, 5.74) is 5.44. The summed E-state index contributed by atoms with van der Waals surface area (Å²) in [6.45, 7) is 5.10. The Morgan fingerprint density at radius 2 is 2.00 bits per heavy atom. The lowest BCUT2D eigenvalue weighted by atomic mass is 10.1. The van der Waals surface area contributed by atoms with Crippen LogP contribution in [0.5, 0.6) is 0 Å². The van der Waals surface area contributed by atoms with E-state index in [-0.39, 0.29) is 12.3 Å². The molecule has 16 heavy (non-hydrogen) atoms. The molecule has 0 radical (unpaired) electrons. The van der Waals surface area contributed by atoms with Gasteiger partial charge in [0.1, 0.15) is 0 Å². The molecule has 0 aromatic carbocycles. The fraction of sp³-hybridized carbons (Fsp3) is 0.833. The summed E-state index contributed by atoms with van der Waals surface area (Å²) in [6.07, 6.45) is 4.96. The lowest BCUT2D eigenvalue weighted by Crippen LogP contribution is -2.42. The molecule has 1 aliphatic carbocycles. The third kappa shape index (κ3) is 4.08. The fourth-order valence-corrected chi connectivity index (χ4v) is 2.44. The number of amides is 1. The summed E-state index contributed by atoms with van der Waals surface area (Å²) in [5, 5.41) is 0. The number of carbonyl (C=O) groups excluding carboxylic acids is 1. The van der Waals surface area contributed by atoms with Crippen LogP contribution in [0.3, 0.4) is 0 Å². The number of hydrogen-bond acceptors (Lipinski definition) is 2. The molecule has 1 aliphatic rings. The van der Waals surface area contributed by atoms with E-state index in [9.17, 15) is 4.79 Å². The molecule has 0 aromatic heterocycles. The molecule has 1 saturated carbocycles. The largest absolute Gasteiger partial charge is 0.393 e. The SMILES string of the molecule is CC(C)CN(C(=O)CC(N)=S)C1CCCC1. The van der Waals surface area contributed by atoms with E-state index in [0.29, 0.717) is 16.9 Å². The second kappa shape index (κ2) is 6.18. The molecule has 0 spiro atoms. The average Bonchev–Trinajstić information content (AvgIpc) is 2.64. The molecular weight excluding hydrogens is 220 g/mol. The summed E-state index contributed by atoms with van der Waals surface area (Å²) in [7, 11) is 0. The van der Waals surface area contributed by atoms with Crippen molar-refractivity contribution in [1.29, 1.82) is 0 Å². The zero-order valence-corrected chi connectivity index (χ0v) is 11.1. The van der Waals surface area contributed by atoms with E-state index in [1.165, 1.54) is 12.8 Å². The molecule has 1 fully saturated rings. The highest BCUT2D eigenvalue weighted by Crippen LogP contribution is 2.24. The fourth-order valence-electron chi connectivity index (χ4n) is 2.31. The Morgan fingerprint density at radius 3 is 2.44 bits per heavy atom. The lowest BCUT2D eigenvalue weighted by Gasteiger charge is -2.30. The smallest absolute Gasteiger partial charge is 0.229 e. The number of rotatable bonds is 5. The molecule has 0 bridgehead atoms. The van der Waals surface area contributed by atoms with Crippen molar-refractivity contribution in [1.82, 2.24) is 4.90 Å². The molecule has 0 saturated heterocycles. The standard InChI is InChI=1S/C12H22N2OS/c1-9(2)8-14(10-5-3-4-6-10)12(15)7-11(13)16/h9-10H,3-8H2,1-2H3,(H2,13,16). The molecule has 2 N–H and O–H groups in total. The number of nitrogens with two attached hydrogens (primary N) is 1. The van der Waals surface area contributed by atoms with Gasteiger partial charge >= 0.3 is 0 Å². The van der Waals surface area contributed by atoms with Crippen LogP contribution in [-0.2, 0) is 4.79 Å². The minimum atomic E-state index is 0.105. The highest BCUT2D eigenvalue weighted by atomic mass is 32.1. The van der Waals surface area contributed by atoms with Gasteiger partial charge < -0.3 is 10.6 Å². The van der Waals surface area contributed by atoms with Crippen molar-refractivity contribution in [3.63, 3.8) is 0 Å². The second-order valence-electron chi connectivity index (χ2n) is 5.02. The van der Waals surface area contributed by atoms with E-state index in [1.54, 1.807) is 0 Å². The molecule has 0 atom stereocenters. The second-order valence-corrected chi connectivity index (χ2v) is 5.55. The molecule has 1 rings (SSSR count). The van der Waals surface area contributed by atoms with Crippen LogP contribution >= 0.6 is 12.2 Å². The van der Waals surface area contributed by atoms with Gasteiger partial charge in [0.25, 0.3) is 0 Å². The summed E-state index contributed by atoms with van der Waals surface area (Å²) in [4.78, 5) is 14.3. The van der Waals surface area contributed by atoms with Gasteiger partial charge in [-0.2, -0.15) is 0 Å². The van der Waals surface area contributed by atoms with Gasteiger partial charge in [-0.3, -0.25) is 4.79 Å². The van der Waals surface area contributed by atoms with E-state index >= 15 is 0 Å². The van der Waals surface area contributed by atoms with Crippen molar-refractivity contribution in [2.24, 2.45) is 11.7 Å². The van der Waals surface area contributed by atoms with Crippen molar-refractivity contribution in [2.75, 3.05) is 6.54 Å². The van der Waals surface area contributed by atoms with Crippen LogP contribution in [0.25, 0.3) is 0 Å². The predicted octanol–water partition coefficient (Wildman–Crippen LogP) is 2.09. The first-order valence-corrected chi connectivity index (χ1v) is 6.49. The van der Waals surface area contributed by atoms with E-state index in [4.69, 9.17) is 18.0 Å². The van der Waals surface area contributed by atoms with Gasteiger partial charge in [0.05, 0.1) is 11.4 Å². The molecular formula is C12H22N2OS. The first-order chi connectivity index (χ1) is 7.50. The van der Waals surface area contributed by atoms with Crippen LogP contribution in [-0.4, -0.2) is 28.4 Å². The normalized spacial score (nSPS) is 16.7. The number of thiocarbonyl (C=S) groups is 1. The van der Waals surface area contributed by atoms with Crippen LogP contribution in [0.15, 0.2) is 0 Å². The van der Waals surface area contributed by atoms with Crippen molar-refractivity contribution >= 4 is 23.1 Å². The maximum Gasteiger partial charge on any atom is 0.229 e. The highest BCUT2D eigenvalue weighted by Gasteiger charge is 2.26. The minimum Gasteiger partial charge on any atom is -0.393 e. The van der Waals surface area contributed by atoms with E-state index in [2.05, 4.69) is 13.8 Å². The third-order valence-corrected chi connectivity index (χ3v) is 3.12. The Kier molecular flexibility index (Phi) is 5.19. The van der Waals surface area contributed by atoms with Crippen molar-refractivity contribution in [3.05, 3.63) is 0 Å². The Hall–Kier alpha value is -0.640. The molecule has 0 unspecified atom stereocenters. The van der Waals surface area contributed by atoms with Gasteiger partial charge in [0.2, 0.25) is 5.91 Å². The Morgan fingerprint density at radius 1 is 1.44 bits per heavy atom. The van der Waals surface area contributed by atoms with Crippen molar-refractivity contribution < 1.29 is 4.79 Å². The topological polar surface area (TPSA) is 46.3 Å². The average molecular weight is 242 g/mol. The molecule has 0 aromatic rings. The van der Waals surface area contributed by atoms with Crippen LogP contribution in [0.4, 0.5) is 0 Å². The monoisotopic (exact) mass is 242 g/mol. The summed E-state index contributed by atoms with van der Waals surface area (Å²) in [5.74, 6) is 0.601. The maximum absolute atomic E-state index is 12.0. The molecule has 4 heteroatoms. The number of nitrogens with zero attached hydrogens (tertiary/aromatic N) is 1.